The van der Waals surface area contributed by atoms with Gasteiger partial charge in [0.1, 0.15) is 17.9 Å². The minimum Gasteiger partial charge on any atom is -0.488 e. The monoisotopic (exact) mass is 450 g/mol. The number of hydrogen-bond donors (Lipinski definition) is 0. The highest BCUT2D eigenvalue weighted by atomic mass is 35.5. The molecule has 1 saturated heterocycles. The highest BCUT2D eigenvalue weighted by molar-refractivity contribution is 7.80. The van der Waals surface area contributed by atoms with Gasteiger partial charge in [-0.25, -0.2) is 0 Å². The Labute approximate surface area is 190 Å². The summed E-state index contributed by atoms with van der Waals surface area (Å²) in [7, 11) is 3.11. The second kappa shape index (κ2) is 8.49. The normalized spacial score (nSPS) is 14.4. The predicted molar refractivity (Wildman–Crippen MR) is 126 cm³/mol. The van der Waals surface area contributed by atoms with Crippen LogP contribution in [0, 0.1) is 0 Å². The summed E-state index contributed by atoms with van der Waals surface area (Å²) in [6.07, 6.45) is 1.59. The number of carbonyl (C=O) groups excluding carboxylic acids is 2. The molecule has 0 aromatic heterocycles. The Morgan fingerprint density at radius 1 is 0.935 bits per heavy atom. The number of halogens is 1. The van der Waals surface area contributed by atoms with Crippen LogP contribution in [0.1, 0.15) is 11.1 Å². The van der Waals surface area contributed by atoms with Gasteiger partial charge in [-0.3, -0.25) is 19.4 Å². The first kappa shape index (κ1) is 21.0. The SMILES string of the molecule is CN1C(=O)C(=Cc2c(OCc3ccccc3Cl)ccc3ccccc23)C(=O)N(C)C1=S. The molecule has 0 N–H and O–H groups in total. The van der Waals surface area contributed by atoms with E-state index in [2.05, 4.69) is 0 Å². The quantitative estimate of drug-likeness (QED) is 0.329. The van der Waals surface area contributed by atoms with E-state index in [0.29, 0.717) is 16.3 Å². The fraction of sp³-hybridized carbons (Fsp3) is 0.125. The highest BCUT2D eigenvalue weighted by Crippen LogP contribution is 2.32. The van der Waals surface area contributed by atoms with Crippen LogP contribution in [-0.4, -0.2) is 40.8 Å². The fourth-order valence-electron chi connectivity index (χ4n) is 3.44. The smallest absolute Gasteiger partial charge is 0.265 e. The summed E-state index contributed by atoms with van der Waals surface area (Å²) in [5.74, 6) is -0.346. The standard InChI is InChI=1S/C24H19ClN2O3S/c1-26-22(28)19(23(29)27(2)24(26)31)13-18-17-9-5-3-7-15(17)11-12-21(18)30-14-16-8-4-6-10-20(16)25/h3-13H,14H2,1-2H3. The Balaban J connectivity index is 1.82. The van der Waals surface area contributed by atoms with Crippen molar-refractivity contribution in [1.82, 2.24) is 9.80 Å². The van der Waals surface area contributed by atoms with E-state index in [1.165, 1.54) is 9.80 Å². The molecule has 3 aromatic carbocycles. The van der Waals surface area contributed by atoms with Gasteiger partial charge in [-0.15, -0.1) is 0 Å². The molecule has 0 atom stereocenters. The minimum absolute atomic E-state index is 0.0255. The maximum absolute atomic E-state index is 12.8. The van der Waals surface area contributed by atoms with Crippen LogP contribution in [0.3, 0.4) is 0 Å². The number of ether oxygens (including phenoxy) is 1. The topological polar surface area (TPSA) is 49.9 Å². The van der Waals surface area contributed by atoms with Crippen LogP contribution in [0.2, 0.25) is 5.02 Å². The second-order valence-corrected chi connectivity index (χ2v) is 7.92. The summed E-state index contributed by atoms with van der Waals surface area (Å²) in [6, 6.07) is 18.9. The van der Waals surface area contributed by atoms with Crippen LogP contribution >= 0.6 is 23.8 Å². The van der Waals surface area contributed by atoms with Gasteiger partial charge in [0.25, 0.3) is 11.8 Å². The van der Waals surface area contributed by atoms with Crippen LogP contribution in [0.15, 0.2) is 66.2 Å². The molecule has 7 heteroatoms. The molecule has 4 rings (SSSR count). The van der Waals surface area contributed by atoms with Crippen LogP contribution in [0.5, 0.6) is 5.75 Å². The zero-order chi connectivity index (χ0) is 22.1. The number of hydrogen-bond acceptors (Lipinski definition) is 4. The van der Waals surface area contributed by atoms with Gasteiger partial charge in [-0.1, -0.05) is 60.1 Å². The van der Waals surface area contributed by atoms with Gasteiger partial charge in [0.2, 0.25) is 0 Å². The van der Waals surface area contributed by atoms with Crippen molar-refractivity contribution in [3.8, 4) is 5.75 Å². The Morgan fingerprint density at radius 2 is 1.58 bits per heavy atom. The van der Waals surface area contributed by atoms with E-state index in [0.717, 1.165) is 16.3 Å². The van der Waals surface area contributed by atoms with Gasteiger partial charge < -0.3 is 4.74 Å². The van der Waals surface area contributed by atoms with Crippen molar-refractivity contribution in [2.45, 2.75) is 6.61 Å². The van der Waals surface area contributed by atoms with Crippen LogP contribution < -0.4 is 4.74 Å². The average molecular weight is 451 g/mol. The van der Waals surface area contributed by atoms with Crippen molar-refractivity contribution in [3.05, 3.63) is 82.4 Å². The first-order chi connectivity index (χ1) is 14.9. The number of nitrogens with zero attached hydrogens (tertiary/aromatic N) is 2. The maximum Gasteiger partial charge on any atom is 0.265 e. The van der Waals surface area contributed by atoms with Gasteiger partial charge in [-0.2, -0.15) is 0 Å². The van der Waals surface area contributed by atoms with Crippen molar-refractivity contribution in [2.75, 3.05) is 14.1 Å². The highest BCUT2D eigenvalue weighted by Gasteiger charge is 2.35. The second-order valence-electron chi connectivity index (χ2n) is 7.15. The Morgan fingerprint density at radius 3 is 2.29 bits per heavy atom. The van der Waals surface area contributed by atoms with Gasteiger partial charge in [0, 0.05) is 30.2 Å². The minimum atomic E-state index is -0.446. The first-order valence-corrected chi connectivity index (χ1v) is 10.4. The van der Waals surface area contributed by atoms with E-state index in [-0.39, 0.29) is 17.3 Å². The lowest BCUT2D eigenvalue weighted by molar-refractivity contribution is -0.132. The van der Waals surface area contributed by atoms with Gasteiger partial charge >= 0.3 is 0 Å². The molecule has 0 spiro atoms. The summed E-state index contributed by atoms with van der Waals surface area (Å²) in [5.41, 5.74) is 1.51. The number of likely N-dealkylation sites (N-methyl/N-ethyl adjacent to an activating group) is 2. The summed E-state index contributed by atoms with van der Waals surface area (Å²) >= 11 is 11.4. The molecule has 1 aliphatic heterocycles. The lowest BCUT2D eigenvalue weighted by atomic mass is 9.99. The van der Waals surface area contributed by atoms with Crippen LogP contribution in [-0.2, 0) is 16.2 Å². The summed E-state index contributed by atoms with van der Waals surface area (Å²) in [5, 5.41) is 2.61. The number of benzene rings is 3. The molecule has 1 aliphatic rings. The third-order valence-electron chi connectivity index (χ3n) is 5.20. The van der Waals surface area contributed by atoms with Crippen molar-refractivity contribution < 1.29 is 14.3 Å². The molecule has 1 heterocycles. The number of fused-ring (bicyclic) bond motifs is 1. The van der Waals surface area contributed by atoms with Gasteiger partial charge in [-0.05, 0) is 41.2 Å². The summed E-state index contributed by atoms with van der Waals surface area (Å²) in [4.78, 5) is 28.2. The molecule has 0 radical (unpaired) electrons. The van der Waals surface area contributed by atoms with Crippen molar-refractivity contribution in [3.63, 3.8) is 0 Å². The molecule has 0 unspecified atom stereocenters. The molecule has 0 aliphatic carbocycles. The van der Waals surface area contributed by atoms with E-state index in [9.17, 15) is 9.59 Å². The molecule has 5 nitrogen and oxygen atoms in total. The summed E-state index contributed by atoms with van der Waals surface area (Å²) < 4.78 is 6.09. The molecule has 1 fully saturated rings. The van der Waals surface area contributed by atoms with Crippen molar-refractivity contribution in [1.29, 1.82) is 0 Å². The summed E-state index contributed by atoms with van der Waals surface area (Å²) in [6.45, 7) is 0.250. The van der Waals surface area contributed by atoms with Gasteiger partial charge in [0.15, 0.2) is 5.11 Å². The Hall–Kier alpha value is -3.22. The van der Waals surface area contributed by atoms with E-state index >= 15 is 0 Å². The Kier molecular flexibility index (Phi) is 5.76. The lowest BCUT2D eigenvalue weighted by Crippen LogP contribution is -2.52. The number of thiocarbonyl (C=S) groups is 1. The van der Waals surface area contributed by atoms with Gasteiger partial charge in [0.05, 0.1) is 0 Å². The zero-order valence-corrected chi connectivity index (χ0v) is 18.5. The molecular weight excluding hydrogens is 432 g/mol. The van der Waals surface area contributed by atoms with Crippen molar-refractivity contribution in [2.24, 2.45) is 0 Å². The van der Waals surface area contributed by atoms with E-state index < -0.39 is 11.8 Å². The van der Waals surface area contributed by atoms with Crippen molar-refractivity contribution >= 4 is 57.6 Å². The number of amides is 2. The molecule has 156 valence electrons. The fourth-order valence-corrected chi connectivity index (χ4v) is 3.80. The van der Waals surface area contributed by atoms with Crippen LogP contribution in [0.4, 0.5) is 0 Å². The number of rotatable bonds is 4. The largest absolute Gasteiger partial charge is 0.488 e. The third kappa shape index (κ3) is 3.92. The van der Waals surface area contributed by atoms with Crippen LogP contribution in [0.25, 0.3) is 16.8 Å². The molecule has 0 saturated carbocycles. The lowest BCUT2D eigenvalue weighted by Gasteiger charge is -2.31. The maximum atomic E-state index is 12.8. The zero-order valence-electron chi connectivity index (χ0n) is 17.0. The molecule has 0 bridgehead atoms. The number of carbonyl (C=O) groups is 2. The molecule has 3 aromatic rings. The Bertz CT molecular complexity index is 1230. The molecular formula is C24H19ClN2O3S. The molecule has 2 amide bonds. The third-order valence-corrected chi connectivity index (χ3v) is 6.12. The van der Waals surface area contributed by atoms with E-state index in [1.54, 1.807) is 26.2 Å². The average Bonchev–Trinajstić information content (AvgIpc) is 2.79. The predicted octanol–water partition coefficient (Wildman–Crippen LogP) is 4.67. The first-order valence-electron chi connectivity index (χ1n) is 9.58. The van der Waals surface area contributed by atoms with E-state index in [4.69, 9.17) is 28.6 Å². The molecule has 31 heavy (non-hydrogen) atoms. The van der Waals surface area contributed by atoms with E-state index in [1.807, 2.05) is 54.6 Å².